The largest absolute Gasteiger partial charge is 0.348 e. The van der Waals surface area contributed by atoms with Crippen LogP contribution in [0.5, 0.6) is 0 Å². The van der Waals surface area contributed by atoms with Crippen molar-refractivity contribution in [2.75, 3.05) is 19.6 Å². The highest BCUT2D eigenvalue weighted by molar-refractivity contribution is 7.20. The summed E-state index contributed by atoms with van der Waals surface area (Å²) in [5.41, 5.74) is 1.70. The predicted octanol–water partition coefficient (Wildman–Crippen LogP) is 2.70. The highest BCUT2D eigenvalue weighted by Crippen LogP contribution is 2.30. The van der Waals surface area contributed by atoms with Crippen molar-refractivity contribution in [2.24, 2.45) is 0 Å². The first kappa shape index (κ1) is 12.9. The first-order chi connectivity index (χ1) is 8.16. The van der Waals surface area contributed by atoms with Gasteiger partial charge in [-0.1, -0.05) is 34.9 Å². The molecule has 1 aromatic heterocycles. The van der Waals surface area contributed by atoms with Gasteiger partial charge in [-0.15, -0.1) is 11.3 Å². The van der Waals surface area contributed by atoms with E-state index in [1.165, 1.54) is 16.9 Å². The fourth-order valence-electron chi connectivity index (χ4n) is 1.61. The quantitative estimate of drug-likeness (QED) is 0.841. The number of carbonyl (C=O) groups is 1. The average molecular weight is 291 g/mol. The Labute approximate surface area is 114 Å². The Bertz CT molecular complexity index is 456. The molecule has 2 N–H and O–H groups in total. The molecule has 2 rings (SSSR count). The Morgan fingerprint density at radius 1 is 1.53 bits per heavy atom. The molecule has 1 amide bonds. The number of hydrogen-bond acceptors (Lipinski definition) is 3. The maximum Gasteiger partial charge on any atom is 0.253 e. The van der Waals surface area contributed by atoms with Crippen LogP contribution in [0.2, 0.25) is 8.67 Å². The summed E-state index contributed by atoms with van der Waals surface area (Å²) < 4.78 is 0.966. The Balaban J connectivity index is 1.93. The fraction of sp³-hybridized carbons (Fsp3) is 0.364. The van der Waals surface area contributed by atoms with Gasteiger partial charge in [-0.05, 0) is 19.0 Å². The van der Waals surface area contributed by atoms with E-state index in [4.69, 9.17) is 23.2 Å². The maximum atomic E-state index is 11.8. The standard InChI is InChI=1S/C11H12Cl2N2OS/c12-9-5-8(10(13)17-9)11(16)15-6-7-1-3-14-4-2-7/h1,5,14H,2-4,6H2,(H,15,16). The normalized spacial score (nSPS) is 15.5. The zero-order valence-corrected chi connectivity index (χ0v) is 11.4. The lowest BCUT2D eigenvalue weighted by Crippen LogP contribution is -2.29. The van der Waals surface area contributed by atoms with E-state index in [-0.39, 0.29) is 5.91 Å². The number of hydrogen-bond donors (Lipinski definition) is 2. The minimum atomic E-state index is -0.169. The van der Waals surface area contributed by atoms with Gasteiger partial charge in [-0.3, -0.25) is 4.79 Å². The lowest BCUT2D eigenvalue weighted by molar-refractivity contribution is 0.0957. The van der Waals surface area contributed by atoms with Crippen LogP contribution in [0.1, 0.15) is 16.8 Å². The number of rotatable bonds is 3. The van der Waals surface area contributed by atoms with Crippen molar-refractivity contribution in [1.29, 1.82) is 0 Å². The summed E-state index contributed by atoms with van der Waals surface area (Å²) in [5.74, 6) is -0.169. The van der Waals surface area contributed by atoms with Crippen LogP contribution in [0.15, 0.2) is 17.7 Å². The number of carbonyl (C=O) groups excluding carboxylic acids is 1. The summed E-state index contributed by atoms with van der Waals surface area (Å²) in [6.07, 6.45) is 3.07. The van der Waals surface area contributed by atoms with Crippen molar-refractivity contribution in [2.45, 2.75) is 6.42 Å². The summed E-state index contributed by atoms with van der Waals surface area (Å²) in [6, 6.07) is 1.60. The Morgan fingerprint density at radius 2 is 2.35 bits per heavy atom. The Kier molecular flexibility index (Phi) is 4.45. The van der Waals surface area contributed by atoms with Gasteiger partial charge in [-0.2, -0.15) is 0 Å². The molecular formula is C11H12Cl2N2OS. The molecule has 17 heavy (non-hydrogen) atoms. The highest BCUT2D eigenvalue weighted by Gasteiger charge is 2.14. The molecule has 0 unspecified atom stereocenters. The third kappa shape index (κ3) is 3.45. The fourth-order valence-corrected chi connectivity index (χ4v) is 3.07. The summed E-state index contributed by atoms with van der Waals surface area (Å²) in [4.78, 5) is 11.8. The molecule has 92 valence electrons. The molecule has 0 aliphatic carbocycles. The lowest BCUT2D eigenvalue weighted by Gasteiger charge is -2.14. The number of halogens is 2. The molecule has 3 nitrogen and oxygen atoms in total. The molecule has 0 atom stereocenters. The van der Waals surface area contributed by atoms with Crippen molar-refractivity contribution in [1.82, 2.24) is 10.6 Å². The minimum Gasteiger partial charge on any atom is -0.348 e. The van der Waals surface area contributed by atoms with E-state index in [2.05, 4.69) is 16.7 Å². The van der Waals surface area contributed by atoms with E-state index in [1.54, 1.807) is 6.07 Å². The average Bonchev–Trinajstić information content (AvgIpc) is 2.67. The van der Waals surface area contributed by atoms with E-state index in [1.807, 2.05) is 0 Å². The molecule has 0 aromatic carbocycles. The van der Waals surface area contributed by atoms with E-state index in [0.717, 1.165) is 19.5 Å². The minimum absolute atomic E-state index is 0.169. The second-order valence-electron chi connectivity index (χ2n) is 3.74. The summed E-state index contributed by atoms with van der Waals surface area (Å²) in [6.45, 7) is 2.41. The van der Waals surface area contributed by atoms with Crippen LogP contribution < -0.4 is 10.6 Å². The number of thiophene rings is 1. The summed E-state index contributed by atoms with van der Waals surface area (Å²) >= 11 is 12.9. The van der Waals surface area contributed by atoms with Crippen molar-refractivity contribution in [3.63, 3.8) is 0 Å². The molecule has 0 spiro atoms. The van der Waals surface area contributed by atoms with Crippen LogP contribution in [0.4, 0.5) is 0 Å². The summed E-state index contributed by atoms with van der Waals surface area (Å²) in [5, 5.41) is 6.07. The molecule has 0 saturated carbocycles. The van der Waals surface area contributed by atoms with Crippen LogP contribution >= 0.6 is 34.5 Å². The second kappa shape index (κ2) is 5.87. The zero-order valence-electron chi connectivity index (χ0n) is 9.06. The van der Waals surface area contributed by atoms with Crippen LogP contribution in [-0.4, -0.2) is 25.5 Å². The van der Waals surface area contributed by atoms with Gasteiger partial charge in [-0.25, -0.2) is 0 Å². The smallest absolute Gasteiger partial charge is 0.253 e. The molecule has 0 bridgehead atoms. The Hall–Kier alpha value is -0.550. The van der Waals surface area contributed by atoms with E-state index < -0.39 is 0 Å². The monoisotopic (exact) mass is 290 g/mol. The molecular weight excluding hydrogens is 279 g/mol. The van der Waals surface area contributed by atoms with Crippen LogP contribution in [0.3, 0.4) is 0 Å². The third-order valence-electron chi connectivity index (χ3n) is 2.54. The van der Waals surface area contributed by atoms with Crippen LogP contribution in [0.25, 0.3) is 0 Å². The summed E-state index contributed by atoms with van der Waals surface area (Å²) in [7, 11) is 0. The van der Waals surface area contributed by atoms with Gasteiger partial charge in [0.1, 0.15) is 4.34 Å². The van der Waals surface area contributed by atoms with Gasteiger partial charge in [0, 0.05) is 13.1 Å². The van der Waals surface area contributed by atoms with E-state index >= 15 is 0 Å². The molecule has 1 aliphatic rings. The SMILES string of the molecule is O=C(NCC1=CCNCC1)c1cc(Cl)sc1Cl. The second-order valence-corrected chi connectivity index (χ2v) is 6.02. The topological polar surface area (TPSA) is 41.1 Å². The van der Waals surface area contributed by atoms with E-state index in [0.29, 0.717) is 20.8 Å². The van der Waals surface area contributed by atoms with Gasteiger partial charge in [0.2, 0.25) is 0 Å². The maximum absolute atomic E-state index is 11.8. The van der Waals surface area contributed by atoms with Gasteiger partial charge in [0.25, 0.3) is 5.91 Å². The molecule has 0 saturated heterocycles. The molecule has 0 fully saturated rings. The van der Waals surface area contributed by atoms with Gasteiger partial charge >= 0.3 is 0 Å². The number of amides is 1. The molecule has 0 radical (unpaired) electrons. The van der Waals surface area contributed by atoms with Gasteiger partial charge in [0.05, 0.1) is 9.90 Å². The van der Waals surface area contributed by atoms with Crippen molar-refractivity contribution in [3.8, 4) is 0 Å². The van der Waals surface area contributed by atoms with Gasteiger partial charge < -0.3 is 10.6 Å². The van der Waals surface area contributed by atoms with E-state index in [9.17, 15) is 4.79 Å². The number of nitrogens with one attached hydrogen (secondary N) is 2. The third-order valence-corrected chi connectivity index (χ3v) is 4.02. The molecule has 1 aromatic rings. The van der Waals surface area contributed by atoms with Crippen molar-refractivity contribution >= 4 is 40.4 Å². The lowest BCUT2D eigenvalue weighted by atomic mass is 10.1. The van der Waals surface area contributed by atoms with Crippen molar-refractivity contribution < 1.29 is 4.79 Å². The first-order valence-corrected chi connectivity index (χ1v) is 6.85. The molecule has 2 heterocycles. The van der Waals surface area contributed by atoms with Crippen LogP contribution in [-0.2, 0) is 0 Å². The zero-order chi connectivity index (χ0) is 12.3. The van der Waals surface area contributed by atoms with Gasteiger partial charge in [0.15, 0.2) is 0 Å². The van der Waals surface area contributed by atoms with Crippen molar-refractivity contribution in [3.05, 3.63) is 32.0 Å². The predicted molar refractivity (Wildman–Crippen MR) is 72.2 cm³/mol. The molecule has 1 aliphatic heterocycles. The Morgan fingerprint density at radius 3 is 2.94 bits per heavy atom. The molecule has 6 heteroatoms. The highest BCUT2D eigenvalue weighted by atomic mass is 35.5. The van der Waals surface area contributed by atoms with Crippen LogP contribution in [0, 0.1) is 0 Å². The first-order valence-electron chi connectivity index (χ1n) is 5.28.